The Hall–Kier alpha value is -2.54. The zero-order chi connectivity index (χ0) is 17.8. The molecule has 25 heavy (non-hydrogen) atoms. The second kappa shape index (κ2) is 7.57. The fourth-order valence-corrected chi connectivity index (χ4v) is 2.97. The molecule has 1 amide bonds. The molecule has 132 valence electrons. The van der Waals surface area contributed by atoms with Crippen molar-refractivity contribution in [2.75, 3.05) is 0 Å². The van der Waals surface area contributed by atoms with Crippen LogP contribution < -0.4 is 10.1 Å². The average Bonchev–Trinajstić information content (AvgIpc) is 2.58. The highest BCUT2D eigenvalue weighted by Crippen LogP contribution is 2.37. The number of hydrogen-bond donors (Lipinski definition) is 2. The van der Waals surface area contributed by atoms with Crippen LogP contribution in [0.15, 0.2) is 48.7 Å². The van der Waals surface area contributed by atoms with Gasteiger partial charge in [0.2, 0.25) is 0 Å². The number of nitrogens with one attached hydrogen (secondary N) is 1. The van der Waals surface area contributed by atoms with Crippen LogP contribution in [0.25, 0.3) is 0 Å². The van der Waals surface area contributed by atoms with Gasteiger partial charge >= 0.3 is 6.61 Å². The molecule has 5 nitrogen and oxygen atoms in total. The predicted molar refractivity (Wildman–Crippen MR) is 86.2 cm³/mol. The number of aliphatic hydroxyl groups is 1. The first-order chi connectivity index (χ1) is 12.0. The van der Waals surface area contributed by atoms with Crippen molar-refractivity contribution in [1.82, 2.24) is 10.3 Å². The van der Waals surface area contributed by atoms with Gasteiger partial charge in [-0.2, -0.15) is 8.78 Å². The van der Waals surface area contributed by atoms with Gasteiger partial charge in [0, 0.05) is 6.20 Å². The molecule has 1 aliphatic carbocycles. The number of pyridine rings is 1. The summed E-state index contributed by atoms with van der Waals surface area (Å²) in [6, 6.07) is 10.8. The summed E-state index contributed by atoms with van der Waals surface area (Å²) in [5.74, 6) is -0.659. The standard InChI is InChI=1S/C18H18F2N2O3/c19-18(20)25-15-7-2-1-5-13(15)17(24)22-16(11-9-12(23)10-11)14-6-3-4-8-21-14/h1-8,11-12,16,18,23H,9-10H2,(H,22,24). The molecule has 1 aromatic heterocycles. The summed E-state index contributed by atoms with van der Waals surface area (Å²) in [6.45, 7) is -3.01. The quantitative estimate of drug-likeness (QED) is 0.842. The number of nitrogens with zero attached hydrogens (tertiary/aromatic N) is 1. The van der Waals surface area contributed by atoms with E-state index in [1.165, 1.54) is 18.2 Å². The van der Waals surface area contributed by atoms with Gasteiger partial charge < -0.3 is 15.2 Å². The second-order valence-electron chi connectivity index (χ2n) is 5.97. The van der Waals surface area contributed by atoms with Crippen LogP contribution in [0.1, 0.15) is 34.9 Å². The molecule has 1 aromatic carbocycles. The number of ether oxygens (including phenoxy) is 1. The number of carbonyl (C=O) groups is 1. The molecule has 7 heteroatoms. The van der Waals surface area contributed by atoms with Crippen molar-refractivity contribution in [1.29, 1.82) is 0 Å². The first kappa shape index (κ1) is 17.3. The van der Waals surface area contributed by atoms with Crippen molar-refractivity contribution >= 4 is 5.91 Å². The highest BCUT2D eigenvalue weighted by Gasteiger charge is 2.36. The number of para-hydroxylation sites is 1. The maximum Gasteiger partial charge on any atom is 0.387 e. The van der Waals surface area contributed by atoms with Crippen LogP contribution in [-0.4, -0.2) is 28.7 Å². The smallest absolute Gasteiger partial charge is 0.387 e. The number of halogens is 2. The number of rotatable bonds is 6. The number of hydrogen-bond acceptors (Lipinski definition) is 4. The summed E-state index contributed by atoms with van der Waals surface area (Å²) < 4.78 is 29.5. The maximum atomic E-state index is 12.6. The molecular formula is C18H18F2N2O3. The minimum Gasteiger partial charge on any atom is -0.434 e. The topological polar surface area (TPSA) is 71.5 Å². The first-order valence-corrected chi connectivity index (χ1v) is 7.98. The minimum absolute atomic E-state index is 0.0311. The van der Waals surface area contributed by atoms with Gasteiger partial charge in [-0.1, -0.05) is 18.2 Å². The summed E-state index contributed by atoms with van der Waals surface area (Å²) in [4.78, 5) is 16.9. The third-order valence-electron chi connectivity index (χ3n) is 4.26. The Morgan fingerprint density at radius 3 is 2.56 bits per heavy atom. The van der Waals surface area contributed by atoms with Gasteiger partial charge in [0.1, 0.15) is 5.75 Å². The van der Waals surface area contributed by atoms with E-state index in [9.17, 15) is 18.7 Å². The molecule has 0 aliphatic heterocycles. The summed E-state index contributed by atoms with van der Waals surface area (Å²) >= 11 is 0. The van der Waals surface area contributed by atoms with Crippen LogP contribution in [0.2, 0.25) is 0 Å². The summed E-state index contributed by atoms with van der Waals surface area (Å²) in [5, 5.41) is 12.4. The zero-order valence-corrected chi connectivity index (χ0v) is 13.3. The second-order valence-corrected chi connectivity index (χ2v) is 5.97. The summed E-state index contributed by atoms with van der Waals surface area (Å²) in [6.07, 6.45) is 2.34. The number of aromatic nitrogens is 1. The summed E-state index contributed by atoms with van der Waals surface area (Å²) in [5.41, 5.74) is 0.698. The monoisotopic (exact) mass is 348 g/mol. The Morgan fingerprint density at radius 1 is 1.20 bits per heavy atom. The van der Waals surface area contributed by atoms with Crippen molar-refractivity contribution < 1.29 is 23.4 Å². The van der Waals surface area contributed by atoms with Gasteiger partial charge in [-0.05, 0) is 43.0 Å². The molecule has 1 aliphatic rings. The van der Waals surface area contributed by atoms with Crippen LogP contribution in [0, 0.1) is 5.92 Å². The van der Waals surface area contributed by atoms with Crippen molar-refractivity contribution in [3.8, 4) is 5.75 Å². The number of aliphatic hydroxyl groups excluding tert-OH is 1. The largest absolute Gasteiger partial charge is 0.434 e. The Kier molecular flexibility index (Phi) is 5.23. The Morgan fingerprint density at radius 2 is 1.92 bits per heavy atom. The van der Waals surface area contributed by atoms with Crippen molar-refractivity contribution in [2.45, 2.75) is 31.6 Å². The van der Waals surface area contributed by atoms with E-state index in [1.807, 2.05) is 6.07 Å². The van der Waals surface area contributed by atoms with Crippen molar-refractivity contribution in [3.63, 3.8) is 0 Å². The van der Waals surface area contributed by atoms with E-state index >= 15 is 0 Å². The lowest BCUT2D eigenvalue weighted by Gasteiger charge is -2.37. The van der Waals surface area contributed by atoms with Crippen molar-refractivity contribution in [2.24, 2.45) is 5.92 Å². The lowest BCUT2D eigenvalue weighted by Crippen LogP contribution is -2.41. The first-order valence-electron chi connectivity index (χ1n) is 7.98. The molecule has 0 radical (unpaired) electrons. The SMILES string of the molecule is O=C(NC(c1ccccn1)C1CC(O)C1)c1ccccc1OC(F)F. The molecule has 2 aromatic rings. The molecule has 1 unspecified atom stereocenters. The third-order valence-corrected chi connectivity index (χ3v) is 4.26. The van der Waals surface area contributed by atoms with E-state index in [0.717, 1.165) is 0 Å². The highest BCUT2D eigenvalue weighted by molar-refractivity contribution is 5.97. The number of alkyl halides is 2. The van der Waals surface area contributed by atoms with E-state index in [4.69, 9.17) is 0 Å². The molecule has 0 bridgehead atoms. The van der Waals surface area contributed by atoms with Gasteiger partial charge in [0.25, 0.3) is 5.91 Å². The molecular weight excluding hydrogens is 330 g/mol. The van der Waals surface area contributed by atoms with Gasteiger partial charge in [0.05, 0.1) is 23.4 Å². The number of carbonyl (C=O) groups excluding carboxylic acids is 1. The Labute approximate surface area is 143 Å². The highest BCUT2D eigenvalue weighted by atomic mass is 19.3. The average molecular weight is 348 g/mol. The van der Waals surface area contributed by atoms with Crippen LogP contribution in [-0.2, 0) is 0 Å². The fourth-order valence-electron chi connectivity index (χ4n) is 2.97. The molecule has 0 saturated heterocycles. The maximum absolute atomic E-state index is 12.6. The Balaban J connectivity index is 1.81. The third kappa shape index (κ3) is 4.11. The molecule has 0 spiro atoms. The molecule has 3 rings (SSSR count). The van der Waals surface area contributed by atoms with Crippen LogP contribution in [0.4, 0.5) is 8.78 Å². The van der Waals surface area contributed by atoms with Gasteiger partial charge in [-0.15, -0.1) is 0 Å². The summed E-state index contributed by atoms with van der Waals surface area (Å²) in [7, 11) is 0. The zero-order valence-electron chi connectivity index (χ0n) is 13.3. The normalized spacial score (nSPS) is 20.6. The molecule has 1 saturated carbocycles. The number of amides is 1. The van der Waals surface area contributed by atoms with E-state index in [2.05, 4.69) is 15.0 Å². The van der Waals surface area contributed by atoms with Crippen LogP contribution in [0.5, 0.6) is 5.75 Å². The van der Waals surface area contributed by atoms with E-state index in [0.29, 0.717) is 18.5 Å². The molecule has 1 fully saturated rings. The molecule has 1 heterocycles. The molecule has 1 atom stereocenters. The minimum atomic E-state index is -3.01. The number of benzene rings is 1. The van der Waals surface area contributed by atoms with Crippen LogP contribution in [0.3, 0.4) is 0 Å². The van der Waals surface area contributed by atoms with Gasteiger partial charge in [-0.25, -0.2) is 0 Å². The lowest BCUT2D eigenvalue weighted by molar-refractivity contribution is -0.0502. The van der Waals surface area contributed by atoms with E-state index in [-0.39, 0.29) is 23.3 Å². The van der Waals surface area contributed by atoms with Crippen LogP contribution >= 0.6 is 0 Å². The fraction of sp³-hybridized carbons (Fsp3) is 0.333. The van der Waals surface area contributed by atoms with Crippen molar-refractivity contribution in [3.05, 3.63) is 59.9 Å². The van der Waals surface area contributed by atoms with E-state index in [1.54, 1.807) is 24.4 Å². The predicted octanol–water partition coefficient (Wildman–Crippen LogP) is 2.93. The Bertz CT molecular complexity index is 721. The van der Waals surface area contributed by atoms with Gasteiger partial charge in [0.15, 0.2) is 0 Å². The lowest BCUT2D eigenvalue weighted by atomic mass is 9.76. The van der Waals surface area contributed by atoms with E-state index < -0.39 is 18.6 Å². The van der Waals surface area contributed by atoms with Gasteiger partial charge in [-0.3, -0.25) is 9.78 Å². The molecule has 2 N–H and O–H groups in total.